The summed E-state index contributed by atoms with van der Waals surface area (Å²) in [6, 6.07) is 6.77. The van der Waals surface area contributed by atoms with E-state index in [-0.39, 0.29) is 50.5 Å². The first-order valence-electron chi connectivity index (χ1n) is 11.1. The number of nitriles is 1. The molecule has 13 heteroatoms. The smallest absolute Gasteiger partial charge is 0.319 e. The molecule has 3 rings (SSSR count). The Hall–Kier alpha value is -3.73. The predicted octanol–water partition coefficient (Wildman–Crippen LogP) is 1.88. The van der Waals surface area contributed by atoms with E-state index in [0.717, 1.165) is 12.8 Å². The number of anilines is 4. The van der Waals surface area contributed by atoms with Crippen LogP contribution < -0.4 is 26.6 Å². The molecule has 0 atom stereocenters. The number of nitrogens with one attached hydrogen (secondary N) is 3. The number of carbonyl (C=O) groups excluding carboxylic acids is 1. The molecule has 0 aliphatic carbocycles. The van der Waals surface area contributed by atoms with Gasteiger partial charge in [0.25, 0.3) is 0 Å². The lowest BCUT2D eigenvalue weighted by Crippen LogP contribution is -2.28. The van der Waals surface area contributed by atoms with Crippen molar-refractivity contribution in [1.29, 1.82) is 5.26 Å². The van der Waals surface area contributed by atoms with Gasteiger partial charge < -0.3 is 35.3 Å². The Morgan fingerprint density at radius 3 is 2.71 bits per heavy atom. The number of carbonyl (C=O) groups is 1. The minimum atomic E-state index is -0.504. The maximum Gasteiger partial charge on any atom is 0.319 e. The molecule has 0 unspecified atom stereocenters. The molecule has 0 aromatic carbocycles. The van der Waals surface area contributed by atoms with Crippen molar-refractivity contribution in [3.8, 4) is 11.8 Å². The summed E-state index contributed by atoms with van der Waals surface area (Å²) in [7, 11) is 0. The van der Waals surface area contributed by atoms with Gasteiger partial charge in [0.15, 0.2) is 17.4 Å². The summed E-state index contributed by atoms with van der Waals surface area (Å²) >= 11 is 0. The molecule has 1 aliphatic rings. The van der Waals surface area contributed by atoms with Crippen molar-refractivity contribution in [2.75, 3.05) is 62.4 Å². The molecule has 35 heavy (non-hydrogen) atoms. The van der Waals surface area contributed by atoms with Crippen LogP contribution in [0.4, 0.5) is 27.6 Å². The first-order valence-corrected chi connectivity index (χ1v) is 11.1. The zero-order valence-corrected chi connectivity index (χ0v) is 19.1. The molecule has 2 aromatic rings. The third kappa shape index (κ3) is 8.21. The van der Waals surface area contributed by atoms with E-state index in [9.17, 15) is 9.28 Å². The van der Waals surface area contributed by atoms with Gasteiger partial charge in [-0.1, -0.05) is 0 Å². The van der Waals surface area contributed by atoms with Gasteiger partial charge in [0.05, 0.1) is 25.3 Å². The van der Waals surface area contributed by atoms with Crippen LogP contribution >= 0.6 is 0 Å². The van der Waals surface area contributed by atoms with Gasteiger partial charge in [-0.2, -0.15) is 5.26 Å². The fourth-order valence-corrected chi connectivity index (χ4v) is 3.15. The average Bonchev–Trinajstić information content (AvgIpc) is 2.90. The first-order chi connectivity index (χ1) is 17.1. The fourth-order valence-electron chi connectivity index (χ4n) is 3.15. The van der Waals surface area contributed by atoms with E-state index in [2.05, 4.69) is 20.6 Å². The highest BCUT2D eigenvalue weighted by molar-refractivity contribution is 5.74. The SMILES string of the molecule is N#Cc1ccc(Nc2nc(NC3CCOCC3)c(OCCOCCOC(=O)CN)cc2NF)nc1. The number of nitrogens with two attached hydrogens (primary N) is 1. The summed E-state index contributed by atoms with van der Waals surface area (Å²) in [5.74, 6) is 0.819. The number of nitrogens with zero attached hydrogens (tertiary/aromatic N) is 3. The number of esters is 1. The van der Waals surface area contributed by atoms with Crippen LogP contribution in [-0.4, -0.2) is 68.2 Å². The molecule has 1 fully saturated rings. The van der Waals surface area contributed by atoms with Crippen molar-refractivity contribution in [3.63, 3.8) is 0 Å². The molecule has 1 aliphatic heterocycles. The zero-order chi connectivity index (χ0) is 24.9. The van der Waals surface area contributed by atoms with Crippen molar-refractivity contribution in [2.45, 2.75) is 18.9 Å². The van der Waals surface area contributed by atoms with E-state index >= 15 is 0 Å². The first kappa shape index (κ1) is 25.9. The number of ether oxygens (including phenoxy) is 4. The van der Waals surface area contributed by atoms with E-state index < -0.39 is 5.97 Å². The van der Waals surface area contributed by atoms with Gasteiger partial charge in [0.1, 0.15) is 30.8 Å². The average molecular weight is 490 g/mol. The number of aromatic nitrogens is 2. The van der Waals surface area contributed by atoms with Crippen LogP contribution in [0, 0.1) is 11.3 Å². The highest BCUT2D eigenvalue weighted by Gasteiger charge is 2.19. The molecule has 2 aromatic heterocycles. The zero-order valence-electron chi connectivity index (χ0n) is 19.1. The molecular formula is C22H28FN7O5. The molecule has 12 nitrogen and oxygen atoms in total. The number of hydrogen-bond acceptors (Lipinski definition) is 12. The van der Waals surface area contributed by atoms with Gasteiger partial charge in [-0.25, -0.2) is 15.5 Å². The van der Waals surface area contributed by atoms with Gasteiger partial charge in [-0.05, 0) is 25.0 Å². The number of pyridine rings is 2. The van der Waals surface area contributed by atoms with E-state index in [1.165, 1.54) is 12.3 Å². The lowest BCUT2D eigenvalue weighted by atomic mass is 10.1. The maximum absolute atomic E-state index is 13.6. The van der Waals surface area contributed by atoms with Crippen molar-refractivity contribution in [2.24, 2.45) is 5.73 Å². The molecule has 188 valence electrons. The Morgan fingerprint density at radius 2 is 2.03 bits per heavy atom. The minimum absolute atomic E-state index is 0.0401. The van der Waals surface area contributed by atoms with E-state index in [1.54, 1.807) is 17.7 Å². The third-order valence-electron chi connectivity index (χ3n) is 4.93. The second-order valence-electron chi connectivity index (χ2n) is 7.41. The quantitative estimate of drug-likeness (QED) is 0.184. The van der Waals surface area contributed by atoms with Gasteiger partial charge in [0, 0.05) is 31.5 Å². The Balaban J connectivity index is 1.68. The molecule has 5 N–H and O–H groups in total. The minimum Gasteiger partial charge on any atom is -0.487 e. The molecule has 0 bridgehead atoms. The Labute approximate surface area is 201 Å². The largest absolute Gasteiger partial charge is 0.487 e. The normalized spacial score (nSPS) is 13.5. The summed E-state index contributed by atoms with van der Waals surface area (Å²) in [5, 5.41) is 15.2. The molecule has 1 saturated heterocycles. The second-order valence-corrected chi connectivity index (χ2v) is 7.41. The van der Waals surface area contributed by atoms with Crippen LogP contribution in [-0.2, 0) is 19.0 Å². The summed E-state index contributed by atoms with van der Waals surface area (Å²) in [6.45, 7) is 1.72. The van der Waals surface area contributed by atoms with Crippen molar-refractivity contribution >= 4 is 29.1 Å². The molecular weight excluding hydrogens is 461 g/mol. The van der Waals surface area contributed by atoms with Crippen LogP contribution in [0.5, 0.6) is 5.75 Å². The predicted molar refractivity (Wildman–Crippen MR) is 125 cm³/mol. The van der Waals surface area contributed by atoms with Crippen molar-refractivity contribution < 1.29 is 28.2 Å². The number of rotatable bonds is 13. The van der Waals surface area contributed by atoms with Crippen LogP contribution in [0.15, 0.2) is 24.4 Å². The van der Waals surface area contributed by atoms with Crippen LogP contribution in [0.25, 0.3) is 0 Å². The standard InChI is InChI=1S/C22H28FN7O5/c23-30-17-11-18(34-9-7-33-8-10-35-20(31)13-25)22(27-16-3-5-32-6-4-16)29-21(17)28-19-2-1-15(12-24)14-26-19/h1-2,11,14,16,30H,3-10,13,25H2,(H2,26,27,28,29). The van der Waals surface area contributed by atoms with E-state index in [4.69, 9.17) is 29.9 Å². The molecule has 3 heterocycles. The maximum atomic E-state index is 13.6. The van der Waals surface area contributed by atoms with E-state index in [1.807, 2.05) is 6.07 Å². The third-order valence-corrected chi connectivity index (χ3v) is 4.93. The lowest BCUT2D eigenvalue weighted by molar-refractivity contribution is -0.143. The number of hydrogen-bond donors (Lipinski definition) is 4. The Bertz CT molecular complexity index is 997. The molecule has 0 amide bonds. The van der Waals surface area contributed by atoms with E-state index in [0.29, 0.717) is 36.2 Å². The van der Waals surface area contributed by atoms with Crippen molar-refractivity contribution in [3.05, 3.63) is 30.0 Å². The van der Waals surface area contributed by atoms with Gasteiger partial charge in [-0.15, -0.1) is 4.48 Å². The summed E-state index contributed by atoms with van der Waals surface area (Å²) in [6.07, 6.45) is 2.98. The summed E-state index contributed by atoms with van der Waals surface area (Å²) in [4.78, 5) is 19.7. The Morgan fingerprint density at radius 1 is 1.23 bits per heavy atom. The van der Waals surface area contributed by atoms with Gasteiger partial charge >= 0.3 is 5.97 Å². The summed E-state index contributed by atoms with van der Waals surface area (Å²) < 4.78 is 35.1. The monoisotopic (exact) mass is 489 g/mol. The van der Waals surface area contributed by atoms with Crippen LogP contribution in [0.1, 0.15) is 18.4 Å². The topological polar surface area (TPSA) is 166 Å². The highest BCUT2D eigenvalue weighted by Crippen LogP contribution is 2.34. The van der Waals surface area contributed by atoms with Crippen LogP contribution in [0.3, 0.4) is 0 Å². The van der Waals surface area contributed by atoms with Gasteiger partial charge in [0.2, 0.25) is 0 Å². The molecule has 0 spiro atoms. The highest BCUT2D eigenvalue weighted by atomic mass is 19.2. The molecule has 0 saturated carbocycles. The van der Waals surface area contributed by atoms with Gasteiger partial charge in [-0.3, -0.25) is 4.79 Å². The summed E-state index contributed by atoms with van der Waals surface area (Å²) in [5.41, 5.74) is 7.23. The number of halogens is 1. The fraction of sp³-hybridized carbons (Fsp3) is 0.455. The van der Waals surface area contributed by atoms with Crippen LogP contribution in [0.2, 0.25) is 0 Å². The lowest BCUT2D eigenvalue weighted by Gasteiger charge is -2.25. The van der Waals surface area contributed by atoms with Crippen molar-refractivity contribution in [1.82, 2.24) is 9.97 Å². The second kappa shape index (κ2) is 13.9. The molecule has 0 radical (unpaired) electrons. The Kier molecular flexibility index (Phi) is 10.2.